The molecule has 0 fully saturated rings. The highest BCUT2D eigenvalue weighted by atomic mass is 79.9. The number of carbonyl (C=O) groups is 1. The van der Waals surface area contributed by atoms with E-state index in [0.717, 1.165) is 11.3 Å². The average molecular weight is 426 g/mol. The van der Waals surface area contributed by atoms with Crippen molar-refractivity contribution in [3.8, 4) is 28.3 Å². The molecule has 0 amide bonds. The summed E-state index contributed by atoms with van der Waals surface area (Å²) in [5.41, 5.74) is 3.03. The van der Waals surface area contributed by atoms with Crippen LogP contribution in [0.2, 0.25) is 0 Å². The van der Waals surface area contributed by atoms with Gasteiger partial charge in [-0.1, -0.05) is 15.9 Å². The van der Waals surface area contributed by atoms with Crippen LogP contribution in [0.3, 0.4) is 0 Å². The van der Waals surface area contributed by atoms with Crippen LogP contribution in [0.15, 0.2) is 59.1 Å². The Labute approximate surface area is 162 Å². The van der Waals surface area contributed by atoms with Crippen LogP contribution in [0.4, 0.5) is 4.39 Å². The minimum Gasteiger partial charge on any atom is -0.497 e. The molecule has 0 aliphatic carbocycles. The van der Waals surface area contributed by atoms with E-state index in [1.807, 2.05) is 24.3 Å². The lowest BCUT2D eigenvalue weighted by molar-refractivity contribution is 0.111. The van der Waals surface area contributed by atoms with E-state index in [4.69, 9.17) is 4.74 Å². The highest BCUT2D eigenvalue weighted by Crippen LogP contribution is 2.28. The zero-order chi connectivity index (χ0) is 19.0. The highest BCUT2D eigenvalue weighted by Gasteiger charge is 2.15. The number of aldehydes is 1. The topological polar surface area (TPSA) is 56.5 Å². The molecule has 0 aliphatic heterocycles. The van der Waals surface area contributed by atoms with Gasteiger partial charge in [-0.05, 0) is 48.5 Å². The van der Waals surface area contributed by atoms with E-state index in [-0.39, 0.29) is 5.69 Å². The molecular weight excluding hydrogens is 413 g/mol. The largest absolute Gasteiger partial charge is 0.497 e. The Bertz CT molecular complexity index is 1160. The van der Waals surface area contributed by atoms with Gasteiger partial charge < -0.3 is 4.74 Å². The summed E-state index contributed by atoms with van der Waals surface area (Å²) < 4.78 is 21.8. The molecule has 0 spiro atoms. The molecule has 134 valence electrons. The molecule has 0 aliphatic rings. The summed E-state index contributed by atoms with van der Waals surface area (Å²) >= 11 is 3.25. The molecule has 0 bridgehead atoms. The van der Waals surface area contributed by atoms with Crippen molar-refractivity contribution in [2.75, 3.05) is 7.11 Å². The standard InChI is InChI=1S/C20H13BrFN3O2/c1-27-15-5-2-12(3-6-15)19-9-14(11-26)23-20-10-18(24-25(19)20)16-7-4-13(21)8-17(16)22/h2-11H,1H3. The molecule has 2 aromatic heterocycles. The number of hydrogen-bond acceptors (Lipinski definition) is 4. The maximum atomic E-state index is 14.3. The summed E-state index contributed by atoms with van der Waals surface area (Å²) in [5, 5.41) is 4.52. The van der Waals surface area contributed by atoms with Crippen LogP contribution < -0.4 is 4.74 Å². The van der Waals surface area contributed by atoms with E-state index in [0.29, 0.717) is 33.4 Å². The van der Waals surface area contributed by atoms with Crippen LogP contribution in [0, 0.1) is 5.82 Å². The number of halogens is 2. The van der Waals surface area contributed by atoms with Gasteiger partial charge in [0.25, 0.3) is 0 Å². The first kappa shape index (κ1) is 17.4. The van der Waals surface area contributed by atoms with E-state index in [1.54, 1.807) is 35.9 Å². The highest BCUT2D eigenvalue weighted by molar-refractivity contribution is 9.10. The van der Waals surface area contributed by atoms with Crippen molar-refractivity contribution >= 4 is 27.9 Å². The van der Waals surface area contributed by atoms with Crippen LogP contribution >= 0.6 is 15.9 Å². The van der Waals surface area contributed by atoms with Gasteiger partial charge in [-0.2, -0.15) is 5.10 Å². The molecule has 0 atom stereocenters. The summed E-state index contributed by atoms with van der Waals surface area (Å²) in [6.45, 7) is 0. The minimum absolute atomic E-state index is 0.274. The quantitative estimate of drug-likeness (QED) is 0.441. The Hall–Kier alpha value is -3.06. The molecule has 0 radical (unpaired) electrons. The fourth-order valence-electron chi connectivity index (χ4n) is 2.85. The van der Waals surface area contributed by atoms with Gasteiger partial charge >= 0.3 is 0 Å². The molecule has 7 heteroatoms. The number of nitrogens with zero attached hydrogens (tertiary/aromatic N) is 3. The lowest BCUT2D eigenvalue weighted by Crippen LogP contribution is -2.00. The lowest BCUT2D eigenvalue weighted by atomic mass is 10.1. The van der Waals surface area contributed by atoms with Gasteiger partial charge in [-0.3, -0.25) is 4.79 Å². The van der Waals surface area contributed by atoms with Crippen LogP contribution in [0.25, 0.3) is 28.2 Å². The summed E-state index contributed by atoms with van der Waals surface area (Å²) in [6.07, 6.45) is 0.680. The Balaban J connectivity index is 1.92. The lowest BCUT2D eigenvalue weighted by Gasteiger charge is -2.07. The first-order chi connectivity index (χ1) is 13.1. The van der Waals surface area contributed by atoms with Crippen LogP contribution in [-0.2, 0) is 0 Å². The Morgan fingerprint density at radius 3 is 2.56 bits per heavy atom. The second-order valence-electron chi connectivity index (χ2n) is 5.84. The third kappa shape index (κ3) is 3.21. The number of aromatic nitrogens is 3. The molecule has 27 heavy (non-hydrogen) atoms. The summed E-state index contributed by atoms with van der Waals surface area (Å²) in [5.74, 6) is 0.326. The zero-order valence-electron chi connectivity index (χ0n) is 14.2. The second kappa shape index (κ2) is 6.92. The molecule has 0 unspecified atom stereocenters. The molecule has 0 N–H and O–H groups in total. The van der Waals surface area contributed by atoms with Crippen LogP contribution in [0.1, 0.15) is 10.5 Å². The van der Waals surface area contributed by atoms with Crippen molar-refractivity contribution in [1.29, 1.82) is 0 Å². The summed E-state index contributed by atoms with van der Waals surface area (Å²) in [7, 11) is 1.59. The SMILES string of the molecule is COc1ccc(-c2cc(C=O)nc3cc(-c4ccc(Br)cc4F)nn23)cc1. The van der Waals surface area contributed by atoms with E-state index < -0.39 is 5.82 Å². The van der Waals surface area contributed by atoms with Crippen molar-refractivity contribution < 1.29 is 13.9 Å². The first-order valence-electron chi connectivity index (χ1n) is 8.05. The van der Waals surface area contributed by atoms with Crippen LogP contribution in [0.5, 0.6) is 5.75 Å². The number of hydrogen-bond donors (Lipinski definition) is 0. The summed E-state index contributed by atoms with van der Waals surface area (Å²) in [4.78, 5) is 15.6. The monoisotopic (exact) mass is 425 g/mol. The van der Waals surface area contributed by atoms with Gasteiger partial charge in [0.1, 0.15) is 17.3 Å². The van der Waals surface area contributed by atoms with Gasteiger partial charge in [-0.15, -0.1) is 0 Å². The number of ether oxygens (including phenoxy) is 1. The first-order valence-corrected chi connectivity index (χ1v) is 8.84. The predicted molar refractivity (Wildman–Crippen MR) is 103 cm³/mol. The number of benzene rings is 2. The third-order valence-electron chi connectivity index (χ3n) is 4.16. The number of methoxy groups -OCH3 is 1. The third-order valence-corrected chi connectivity index (χ3v) is 4.65. The summed E-state index contributed by atoms with van der Waals surface area (Å²) in [6, 6.07) is 15.5. The average Bonchev–Trinajstić information content (AvgIpc) is 3.11. The van der Waals surface area contributed by atoms with Crippen molar-refractivity contribution in [3.05, 3.63) is 70.6 Å². The molecule has 4 aromatic rings. The van der Waals surface area contributed by atoms with Crippen molar-refractivity contribution in [2.24, 2.45) is 0 Å². The molecule has 2 heterocycles. The van der Waals surface area contributed by atoms with Gasteiger partial charge in [0, 0.05) is 21.7 Å². The predicted octanol–water partition coefficient (Wildman–Crippen LogP) is 4.79. The van der Waals surface area contributed by atoms with E-state index in [1.165, 1.54) is 6.07 Å². The van der Waals surface area contributed by atoms with Gasteiger partial charge in [0.15, 0.2) is 11.9 Å². The van der Waals surface area contributed by atoms with Gasteiger partial charge in [0.2, 0.25) is 0 Å². The smallest absolute Gasteiger partial charge is 0.168 e. The Morgan fingerprint density at radius 1 is 1.11 bits per heavy atom. The number of fused-ring (bicyclic) bond motifs is 1. The normalized spacial score (nSPS) is 10.9. The molecule has 0 saturated carbocycles. The number of carbonyl (C=O) groups excluding carboxylic acids is 1. The fraction of sp³-hybridized carbons (Fsp3) is 0.0500. The zero-order valence-corrected chi connectivity index (χ0v) is 15.8. The van der Waals surface area contributed by atoms with E-state index in [2.05, 4.69) is 26.0 Å². The van der Waals surface area contributed by atoms with E-state index in [9.17, 15) is 9.18 Å². The maximum absolute atomic E-state index is 14.3. The van der Waals surface area contributed by atoms with Crippen molar-refractivity contribution in [3.63, 3.8) is 0 Å². The van der Waals surface area contributed by atoms with Crippen LogP contribution in [-0.4, -0.2) is 28.0 Å². The molecule has 5 nitrogen and oxygen atoms in total. The number of rotatable bonds is 4. The Morgan fingerprint density at radius 2 is 1.89 bits per heavy atom. The second-order valence-corrected chi connectivity index (χ2v) is 6.75. The van der Waals surface area contributed by atoms with Gasteiger partial charge in [-0.25, -0.2) is 13.9 Å². The van der Waals surface area contributed by atoms with Gasteiger partial charge in [0.05, 0.1) is 18.5 Å². The molecule has 4 rings (SSSR count). The van der Waals surface area contributed by atoms with Crippen molar-refractivity contribution in [2.45, 2.75) is 0 Å². The molecule has 2 aromatic carbocycles. The van der Waals surface area contributed by atoms with E-state index >= 15 is 0 Å². The minimum atomic E-state index is -0.394. The Kier molecular flexibility index (Phi) is 4.45. The fourth-order valence-corrected chi connectivity index (χ4v) is 3.18. The molecule has 0 saturated heterocycles. The van der Waals surface area contributed by atoms with Crippen molar-refractivity contribution in [1.82, 2.24) is 14.6 Å². The molecular formula is C20H13BrFN3O2. The maximum Gasteiger partial charge on any atom is 0.168 e.